The van der Waals surface area contributed by atoms with E-state index in [1.807, 2.05) is 0 Å². The monoisotopic (exact) mass is 256 g/mol. The van der Waals surface area contributed by atoms with Gasteiger partial charge in [-0.15, -0.1) is 0 Å². The van der Waals surface area contributed by atoms with E-state index in [0.29, 0.717) is 11.6 Å². The molecule has 90 valence electrons. The van der Waals surface area contributed by atoms with Crippen molar-refractivity contribution in [3.05, 3.63) is 17.5 Å². The van der Waals surface area contributed by atoms with Crippen molar-refractivity contribution in [2.75, 3.05) is 11.9 Å². The molecule has 1 amide bonds. The van der Waals surface area contributed by atoms with E-state index in [2.05, 4.69) is 20.4 Å². The molecule has 4 N–H and O–H groups in total. The number of primary amides is 1. The maximum absolute atomic E-state index is 10.7. The summed E-state index contributed by atoms with van der Waals surface area (Å²) < 4.78 is 1.39. The number of carbonyl (C=O) groups excluding carboxylic acids is 1. The Labute approximate surface area is 100 Å². The highest BCUT2D eigenvalue weighted by Crippen LogP contribution is 2.14. The van der Waals surface area contributed by atoms with Crippen LogP contribution in [0.2, 0.25) is 5.15 Å². The second-order valence-corrected chi connectivity index (χ2v) is 3.62. The first-order chi connectivity index (χ1) is 8.08. The van der Waals surface area contributed by atoms with Crippen molar-refractivity contribution in [2.45, 2.75) is 6.10 Å². The van der Waals surface area contributed by atoms with Crippen molar-refractivity contribution in [1.82, 2.24) is 19.6 Å². The number of hydrogen-bond acceptors (Lipinski definition) is 6. The van der Waals surface area contributed by atoms with E-state index in [0.717, 1.165) is 0 Å². The van der Waals surface area contributed by atoms with Crippen molar-refractivity contribution in [1.29, 1.82) is 0 Å². The maximum atomic E-state index is 10.7. The Hall–Kier alpha value is -1.93. The van der Waals surface area contributed by atoms with E-state index < -0.39 is 12.0 Å². The van der Waals surface area contributed by atoms with Gasteiger partial charge in [-0.2, -0.15) is 19.6 Å². The summed E-state index contributed by atoms with van der Waals surface area (Å²) in [6, 6.07) is 1.50. The Morgan fingerprint density at radius 1 is 1.71 bits per heavy atom. The Balaban J connectivity index is 2.23. The van der Waals surface area contributed by atoms with Crippen molar-refractivity contribution in [2.24, 2.45) is 5.73 Å². The van der Waals surface area contributed by atoms with Gasteiger partial charge in [0.05, 0.1) is 6.54 Å². The summed E-state index contributed by atoms with van der Waals surface area (Å²) in [6.45, 7) is -0.0510. The van der Waals surface area contributed by atoms with Gasteiger partial charge in [0.1, 0.15) is 23.4 Å². The fourth-order valence-electron chi connectivity index (χ4n) is 1.21. The van der Waals surface area contributed by atoms with Crippen LogP contribution in [0.25, 0.3) is 5.78 Å². The molecule has 0 aliphatic rings. The van der Waals surface area contributed by atoms with E-state index in [1.54, 1.807) is 0 Å². The summed E-state index contributed by atoms with van der Waals surface area (Å²) in [7, 11) is 0. The summed E-state index contributed by atoms with van der Waals surface area (Å²) in [4.78, 5) is 18.4. The number of carbonyl (C=O) groups is 1. The number of nitrogens with one attached hydrogen (secondary N) is 1. The normalized spacial score (nSPS) is 12.6. The van der Waals surface area contributed by atoms with Crippen LogP contribution in [0, 0.1) is 0 Å². The molecular weight excluding hydrogens is 248 g/mol. The number of aliphatic hydroxyl groups excluding tert-OH is 1. The van der Waals surface area contributed by atoms with Crippen LogP contribution in [-0.4, -0.2) is 43.2 Å². The van der Waals surface area contributed by atoms with E-state index in [1.165, 1.54) is 16.9 Å². The summed E-state index contributed by atoms with van der Waals surface area (Å²) in [6.07, 6.45) is 0.0227. The maximum Gasteiger partial charge on any atom is 0.255 e. The van der Waals surface area contributed by atoms with Crippen LogP contribution in [0.4, 0.5) is 5.82 Å². The van der Waals surface area contributed by atoms with E-state index in [9.17, 15) is 9.90 Å². The van der Waals surface area contributed by atoms with Gasteiger partial charge in [-0.05, 0) is 0 Å². The lowest BCUT2D eigenvalue weighted by Gasteiger charge is -2.10. The number of nitrogens with two attached hydrogens (primary N) is 1. The molecule has 17 heavy (non-hydrogen) atoms. The Morgan fingerprint density at radius 3 is 3.18 bits per heavy atom. The van der Waals surface area contributed by atoms with Crippen LogP contribution in [0.5, 0.6) is 0 Å². The highest BCUT2D eigenvalue weighted by atomic mass is 35.5. The zero-order valence-electron chi connectivity index (χ0n) is 8.54. The number of halogens is 1. The SMILES string of the molecule is NC(=O)C(O)CNc1cc(Cl)nc2ncnn12. The van der Waals surface area contributed by atoms with Crippen LogP contribution in [-0.2, 0) is 4.79 Å². The molecule has 2 aromatic rings. The first-order valence-corrected chi connectivity index (χ1v) is 5.03. The molecule has 0 radical (unpaired) electrons. The minimum atomic E-state index is -1.29. The van der Waals surface area contributed by atoms with Crippen LogP contribution in [0.3, 0.4) is 0 Å². The second-order valence-electron chi connectivity index (χ2n) is 3.24. The molecule has 8 nitrogen and oxygen atoms in total. The van der Waals surface area contributed by atoms with Gasteiger partial charge in [-0.25, -0.2) is 0 Å². The van der Waals surface area contributed by atoms with Crippen LogP contribution in [0.15, 0.2) is 12.4 Å². The van der Waals surface area contributed by atoms with Gasteiger partial charge < -0.3 is 16.2 Å². The third-order valence-corrected chi connectivity index (χ3v) is 2.22. The van der Waals surface area contributed by atoms with Gasteiger partial charge in [0.25, 0.3) is 5.78 Å². The molecule has 0 spiro atoms. The van der Waals surface area contributed by atoms with E-state index >= 15 is 0 Å². The van der Waals surface area contributed by atoms with Crippen LogP contribution < -0.4 is 11.1 Å². The highest BCUT2D eigenvalue weighted by molar-refractivity contribution is 6.29. The number of aliphatic hydroxyl groups is 1. The molecule has 0 aromatic carbocycles. The van der Waals surface area contributed by atoms with Crippen molar-refractivity contribution < 1.29 is 9.90 Å². The predicted molar refractivity (Wildman–Crippen MR) is 59.5 cm³/mol. The minimum absolute atomic E-state index is 0.0510. The van der Waals surface area contributed by atoms with Crippen LogP contribution >= 0.6 is 11.6 Å². The second kappa shape index (κ2) is 4.52. The lowest BCUT2D eigenvalue weighted by molar-refractivity contribution is -0.125. The summed E-state index contributed by atoms with van der Waals surface area (Å²) in [5.74, 6) is -0.0427. The van der Waals surface area contributed by atoms with Gasteiger partial charge in [0.15, 0.2) is 0 Å². The van der Waals surface area contributed by atoms with Gasteiger partial charge in [0, 0.05) is 6.07 Å². The number of amides is 1. The van der Waals surface area contributed by atoms with Gasteiger partial charge >= 0.3 is 0 Å². The average Bonchev–Trinajstić information content (AvgIpc) is 2.72. The molecule has 0 saturated carbocycles. The molecule has 0 bridgehead atoms. The molecular formula is C8H9ClN6O2. The predicted octanol–water partition coefficient (Wildman–Crippen LogP) is -0.964. The third-order valence-electron chi connectivity index (χ3n) is 2.03. The molecule has 9 heteroatoms. The Kier molecular flexibility index (Phi) is 3.07. The minimum Gasteiger partial charge on any atom is -0.381 e. The number of fused-ring (bicyclic) bond motifs is 1. The number of aromatic nitrogens is 4. The molecule has 1 unspecified atom stereocenters. The van der Waals surface area contributed by atoms with Crippen molar-refractivity contribution in [3.8, 4) is 0 Å². The molecule has 0 fully saturated rings. The largest absolute Gasteiger partial charge is 0.381 e. The fourth-order valence-corrected chi connectivity index (χ4v) is 1.39. The average molecular weight is 257 g/mol. The van der Waals surface area contributed by atoms with E-state index in [-0.39, 0.29) is 11.7 Å². The smallest absolute Gasteiger partial charge is 0.255 e. The highest BCUT2D eigenvalue weighted by Gasteiger charge is 2.12. The van der Waals surface area contributed by atoms with Gasteiger partial charge in [-0.3, -0.25) is 4.79 Å². The standard InChI is InChI=1S/C8H9ClN6O2/c9-5-1-6(11-2-4(16)7(10)17)15-8(14-5)12-3-13-15/h1,3-4,11,16H,2H2,(H2,10,17). The number of rotatable bonds is 4. The molecule has 1 atom stereocenters. The lowest BCUT2D eigenvalue weighted by Crippen LogP contribution is -2.34. The number of nitrogens with zero attached hydrogens (tertiary/aromatic N) is 4. The zero-order chi connectivity index (χ0) is 12.4. The fraction of sp³-hybridized carbons (Fsp3) is 0.250. The summed E-state index contributed by atoms with van der Waals surface area (Å²) >= 11 is 5.77. The van der Waals surface area contributed by atoms with Crippen LogP contribution in [0.1, 0.15) is 0 Å². The summed E-state index contributed by atoms with van der Waals surface area (Å²) in [5.41, 5.74) is 4.92. The first kappa shape index (κ1) is 11.6. The molecule has 0 aliphatic heterocycles. The molecule has 2 heterocycles. The lowest BCUT2D eigenvalue weighted by atomic mass is 10.3. The molecule has 0 saturated heterocycles. The number of hydrogen-bond donors (Lipinski definition) is 3. The summed E-state index contributed by atoms with van der Waals surface area (Å²) in [5, 5.41) is 16.2. The molecule has 0 aliphatic carbocycles. The third kappa shape index (κ3) is 2.43. The molecule has 2 aromatic heterocycles. The van der Waals surface area contributed by atoms with E-state index in [4.69, 9.17) is 17.3 Å². The van der Waals surface area contributed by atoms with Crippen molar-refractivity contribution in [3.63, 3.8) is 0 Å². The Morgan fingerprint density at radius 2 is 2.47 bits per heavy atom. The van der Waals surface area contributed by atoms with Gasteiger partial charge in [0.2, 0.25) is 5.91 Å². The topological polar surface area (TPSA) is 118 Å². The Bertz CT molecular complexity index is 556. The first-order valence-electron chi connectivity index (χ1n) is 4.65. The van der Waals surface area contributed by atoms with Crippen molar-refractivity contribution >= 4 is 29.1 Å². The quantitative estimate of drug-likeness (QED) is 0.606. The van der Waals surface area contributed by atoms with Gasteiger partial charge in [-0.1, -0.05) is 11.6 Å². The zero-order valence-corrected chi connectivity index (χ0v) is 9.29. The number of anilines is 1. The molecule has 2 rings (SSSR count).